The topological polar surface area (TPSA) is 106 Å². The molecule has 0 unspecified atom stereocenters. The van der Waals surface area contributed by atoms with Gasteiger partial charge < -0.3 is 5.73 Å². The fourth-order valence-corrected chi connectivity index (χ4v) is 0.942. The molecule has 2 rings (SSSR count). The van der Waals surface area contributed by atoms with Crippen LogP contribution in [0, 0.1) is 11.3 Å². The van der Waals surface area contributed by atoms with Gasteiger partial charge >= 0.3 is 0 Å². The van der Waals surface area contributed by atoms with Crippen LogP contribution in [-0.2, 0) is 0 Å². The van der Waals surface area contributed by atoms with E-state index in [2.05, 4.69) is 20.1 Å². The van der Waals surface area contributed by atoms with Crippen LogP contribution in [0.4, 0.5) is 5.69 Å². The van der Waals surface area contributed by atoms with Gasteiger partial charge in [-0.1, -0.05) is 0 Å². The zero-order chi connectivity index (χ0) is 9.97. The molecule has 68 valence electrons. The second kappa shape index (κ2) is 3.10. The van der Waals surface area contributed by atoms with E-state index in [1.807, 2.05) is 6.07 Å². The van der Waals surface area contributed by atoms with Crippen LogP contribution in [0.15, 0.2) is 18.9 Å². The minimum Gasteiger partial charge on any atom is -0.394 e. The summed E-state index contributed by atoms with van der Waals surface area (Å²) in [6.45, 7) is 0. The second-order valence-corrected chi connectivity index (χ2v) is 2.43. The molecular formula is C7H5N7. The molecule has 0 aromatic carbocycles. The van der Waals surface area contributed by atoms with Gasteiger partial charge in [-0.25, -0.2) is 15.0 Å². The van der Waals surface area contributed by atoms with Crippen LogP contribution < -0.4 is 5.73 Å². The fourth-order valence-electron chi connectivity index (χ4n) is 0.942. The van der Waals surface area contributed by atoms with E-state index in [9.17, 15) is 0 Å². The van der Waals surface area contributed by atoms with Gasteiger partial charge in [-0.15, -0.1) is 5.10 Å². The lowest BCUT2D eigenvalue weighted by molar-refractivity contribution is 0.836. The summed E-state index contributed by atoms with van der Waals surface area (Å²) in [5, 5.41) is 12.3. The molecule has 0 saturated heterocycles. The van der Waals surface area contributed by atoms with Gasteiger partial charge in [0.2, 0.25) is 0 Å². The maximum atomic E-state index is 8.51. The van der Waals surface area contributed by atoms with Crippen LogP contribution in [0.2, 0.25) is 0 Å². The number of hydrogen-bond acceptors (Lipinski definition) is 6. The molecule has 0 saturated carbocycles. The van der Waals surface area contributed by atoms with Crippen LogP contribution in [0.3, 0.4) is 0 Å². The molecule has 0 aliphatic heterocycles. The van der Waals surface area contributed by atoms with Crippen molar-refractivity contribution in [1.29, 1.82) is 5.26 Å². The number of anilines is 1. The summed E-state index contributed by atoms with van der Waals surface area (Å²) in [5.74, 6) is 0.483. The summed E-state index contributed by atoms with van der Waals surface area (Å²) < 4.78 is 1.33. The van der Waals surface area contributed by atoms with Gasteiger partial charge in [0.15, 0.2) is 5.82 Å². The molecule has 14 heavy (non-hydrogen) atoms. The average molecular weight is 187 g/mol. The minimum absolute atomic E-state index is 0.0722. The lowest BCUT2D eigenvalue weighted by Crippen LogP contribution is -2.03. The van der Waals surface area contributed by atoms with Gasteiger partial charge in [0.05, 0.1) is 11.9 Å². The van der Waals surface area contributed by atoms with Crippen molar-refractivity contribution in [2.45, 2.75) is 0 Å². The van der Waals surface area contributed by atoms with E-state index in [0.717, 1.165) is 0 Å². The predicted molar refractivity (Wildman–Crippen MR) is 46.1 cm³/mol. The first kappa shape index (κ1) is 8.12. The minimum atomic E-state index is 0.0722. The number of nitrogens with two attached hydrogens (primary N) is 1. The molecule has 2 aromatic heterocycles. The first-order valence-electron chi connectivity index (χ1n) is 3.69. The largest absolute Gasteiger partial charge is 0.394 e. The highest BCUT2D eigenvalue weighted by Gasteiger charge is 2.05. The molecule has 0 fully saturated rings. The van der Waals surface area contributed by atoms with Gasteiger partial charge in [-0.2, -0.15) is 9.94 Å². The second-order valence-electron chi connectivity index (χ2n) is 2.43. The third kappa shape index (κ3) is 1.25. The van der Waals surface area contributed by atoms with Crippen molar-refractivity contribution in [2.75, 3.05) is 5.73 Å². The lowest BCUT2D eigenvalue weighted by atomic mass is 10.5. The summed E-state index contributed by atoms with van der Waals surface area (Å²) in [6, 6.07) is 1.81. The van der Waals surface area contributed by atoms with Gasteiger partial charge in [0.25, 0.3) is 5.82 Å². The predicted octanol–water partition coefficient (Wildman–Crippen LogP) is -0.489. The summed E-state index contributed by atoms with van der Waals surface area (Å²) in [5.41, 5.74) is 5.98. The van der Waals surface area contributed by atoms with Crippen molar-refractivity contribution in [1.82, 2.24) is 24.7 Å². The third-order valence-electron chi connectivity index (χ3n) is 1.53. The molecule has 0 aliphatic rings. The van der Waals surface area contributed by atoms with Crippen molar-refractivity contribution in [3.05, 3.63) is 24.7 Å². The van der Waals surface area contributed by atoms with E-state index in [-0.39, 0.29) is 5.82 Å². The Morgan fingerprint density at radius 2 is 2.29 bits per heavy atom. The van der Waals surface area contributed by atoms with E-state index in [1.165, 1.54) is 23.5 Å². The van der Waals surface area contributed by atoms with Crippen LogP contribution >= 0.6 is 0 Å². The highest BCUT2D eigenvalue weighted by Crippen LogP contribution is 2.09. The highest BCUT2D eigenvalue weighted by atomic mass is 15.4. The van der Waals surface area contributed by atoms with Gasteiger partial charge in [-0.05, 0) is 0 Å². The summed E-state index contributed by atoms with van der Waals surface area (Å²) in [4.78, 5) is 11.4. The molecule has 0 radical (unpaired) electrons. The van der Waals surface area contributed by atoms with Crippen molar-refractivity contribution >= 4 is 5.69 Å². The van der Waals surface area contributed by atoms with Crippen molar-refractivity contribution in [3.63, 3.8) is 0 Å². The Kier molecular flexibility index (Phi) is 1.80. The Bertz CT molecular complexity index is 495. The molecule has 2 N–H and O–H groups in total. The quantitative estimate of drug-likeness (QED) is 0.645. The Balaban J connectivity index is 2.51. The summed E-state index contributed by atoms with van der Waals surface area (Å²) in [6.07, 6.45) is 4.17. The molecular weight excluding hydrogens is 182 g/mol. The molecule has 0 amide bonds. The van der Waals surface area contributed by atoms with E-state index in [0.29, 0.717) is 11.5 Å². The third-order valence-corrected chi connectivity index (χ3v) is 1.53. The zero-order valence-corrected chi connectivity index (χ0v) is 6.99. The van der Waals surface area contributed by atoms with E-state index in [4.69, 9.17) is 11.0 Å². The van der Waals surface area contributed by atoms with Gasteiger partial charge in [-0.3, -0.25) is 0 Å². The summed E-state index contributed by atoms with van der Waals surface area (Å²) >= 11 is 0. The van der Waals surface area contributed by atoms with E-state index >= 15 is 0 Å². The molecule has 0 atom stereocenters. The zero-order valence-electron chi connectivity index (χ0n) is 6.99. The van der Waals surface area contributed by atoms with Crippen LogP contribution in [0.1, 0.15) is 5.82 Å². The molecule has 2 aromatic rings. The first-order chi connectivity index (χ1) is 6.81. The molecule has 0 spiro atoms. The Morgan fingerprint density at radius 3 is 2.93 bits per heavy atom. The Hall–Kier alpha value is -2.49. The monoisotopic (exact) mass is 187 g/mol. The van der Waals surface area contributed by atoms with Gasteiger partial charge in [0, 0.05) is 0 Å². The van der Waals surface area contributed by atoms with E-state index in [1.54, 1.807) is 0 Å². The molecule has 0 aliphatic carbocycles. The van der Waals surface area contributed by atoms with Crippen LogP contribution in [0.25, 0.3) is 5.82 Å². The maximum absolute atomic E-state index is 8.51. The number of nitrogen functional groups attached to an aromatic ring is 1. The van der Waals surface area contributed by atoms with E-state index < -0.39 is 0 Å². The normalized spacial score (nSPS) is 9.64. The molecule has 0 bridgehead atoms. The van der Waals surface area contributed by atoms with Crippen molar-refractivity contribution in [2.24, 2.45) is 0 Å². The van der Waals surface area contributed by atoms with Crippen molar-refractivity contribution < 1.29 is 0 Å². The summed E-state index contributed by atoms with van der Waals surface area (Å²) in [7, 11) is 0. The Labute approximate surface area is 78.9 Å². The van der Waals surface area contributed by atoms with Gasteiger partial charge in [0.1, 0.15) is 18.7 Å². The molecule has 2 heterocycles. The lowest BCUT2D eigenvalue weighted by Gasteiger charge is -2.00. The van der Waals surface area contributed by atoms with Crippen molar-refractivity contribution in [3.8, 4) is 11.9 Å². The number of nitriles is 1. The Morgan fingerprint density at radius 1 is 1.43 bits per heavy atom. The number of nitrogens with zero attached hydrogens (tertiary/aromatic N) is 6. The first-order valence-corrected chi connectivity index (χ1v) is 3.69. The maximum Gasteiger partial charge on any atom is 0.252 e. The van der Waals surface area contributed by atoms with Crippen LogP contribution in [0.5, 0.6) is 0 Å². The average Bonchev–Trinajstić information content (AvgIpc) is 2.67. The number of aromatic nitrogens is 5. The fraction of sp³-hybridized carbons (Fsp3) is 0. The van der Waals surface area contributed by atoms with Crippen LogP contribution in [-0.4, -0.2) is 24.7 Å². The SMILES string of the molecule is N#Cc1ncn(-c2ncncc2N)n1. The molecule has 7 heteroatoms. The number of hydrogen-bond donors (Lipinski definition) is 1. The highest BCUT2D eigenvalue weighted by molar-refractivity contribution is 5.49. The molecule has 7 nitrogen and oxygen atoms in total. The number of rotatable bonds is 1. The smallest absolute Gasteiger partial charge is 0.252 e. The standard InChI is InChI=1S/C7H5N7/c8-1-6-12-4-14(13-6)7-5(9)2-10-3-11-7/h2-4H,9H2.